The van der Waals surface area contributed by atoms with Crippen LogP contribution in [0.15, 0.2) is 12.1 Å². The molecule has 0 amide bonds. The van der Waals surface area contributed by atoms with Crippen LogP contribution in [-0.4, -0.2) is 11.9 Å². The van der Waals surface area contributed by atoms with Gasteiger partial charge in [0.1, 0.15) is 11.4 Å². The third kappa shape index (κ3) is 1.50. The Morgan fingerprint density at radius 2 is 2.21 bits per heavy atom. The molecule has 0 atom stereocenters. The minimum absolute atomic E-state index is 0.231. The van der Waals surface area contributed by atoms with Gasteiger partial charge in [-0.1, -0.05) is 11.6 Å². The maximum absolute atomic E-state index is 10.8. The number of benzene rings is 1. The summed E-state index contributed by atoms with van der Waals surface area (Å²) in [5.41, 5.74) is 1.33. The first-order valence-electron chi connectivity index (χ1n) is 4.48. The number of carbonyl (C=O) groups is 1. The topological polar surface area (TPSA) is 26.3 Å². The number of carbonyl (C=O) groups excluding carboxylic acids is 1. The number of hydrogen-bond donors (Lipinski definition) is 0. The zero-order valence-corrected chi connectivity index (χ0v) is 8.89. The second-order valence-electron chi connectivity index (χ2n) is 4.14. The number of fused-ring (bicyclic) bond motifs is 1. The van der Waals surface area contributed by atoms with Gasteiger partial charge in [-0.05, 0) is 26.0 Å². The third-order valence-corrected chi connectivity index (χ3v) is 2.50. The molecule has 2 nitrogen and oxygen atoms in total. The minimum Gasteiger partial charge on any atom is -0.486 e. The number of aldehydes is 1. The molecule has 1 aromatic carbocycles. The van der Waals surface area contributed by atoms with Gasteiger partial charge in [-0.3, -0.25) is 4.79 Å². The molecule has 0 bridgehead atoms. The molecule has 3 heteroatoms. The van der Waals surface area contributed by atoms with E-state index in [9.17, 15) is 4.79 Å². The quantitative estimate of drug-likeness (QED) is 0.667. The zero-order valence-electron chi connectivity index (χ0n) is 8.13. The first-order valence-corrected chi connectivity index (χ1v) is 4.86. The van der Waals surface area contributed by atoms with E-state index in [0.717, 1.165) is 18.3 Å². The van der Waals surface area contributed by atoms with Gasteiger partial charge in [-0.2, -0.15) is 0 Å². The Balaban J connectivity index is 2.56. The third-order valence-electron chi connectivity index (χ3n) is 2.28. The summed E-state index contributed by atoms with van der Waals surface area (Å²) in [5.74, 6) is 0.689. The van der Waals surface area contributed by atoms with Gasteiger partial charge in [-0.15, -0.1) is 0 Å². The molecule has 14 heavy (non-hydrogen) atoms. The van der Waals surface area contributed by atoms with E-state index < -0.39 is 0 Å². The van der Waals surface area contributed by atoms with Crippen LogP contribution >= 0.6 is 11.6 Å². The Hall–Kier alpha value is -1.02. The Morgan fingerprint density at radius 3 is 2.86 bits per heavy atom. The summed E-state index contributed by atoms with van der Waals surface area (Å²) in [6.07, 6.45) is 1.58. The highest BCUT2D eigenvalue weighted by Crippen LogP contribution is 2.38. The predicted molar refractivity (Wildman–Crippen MR) is 55.3 cm³/mol. The number of ether oxygens (including phenoxy) is 1. The standard InChI is InChI=1S/C11H11ClO2/c1-11(2)5-7-3-9(12)4-8(6-13)10(7)14-11/h3-4,6H,5H2,1-2H3. The fraction of sp³-hybridized carbons (Fsp3) is 0.364. The molecular weight excluding hydrogens is 200 g/mol. The van der Waals surface area contributed by atoms with Gasteiger partial charge < -0.3 is 4.74 Å². The van der Waals surface area contributed by atoms with Crippen LogP contribution in [0.3, 0.4) is 0 Å². The molecule has 0 saturated heterocycles. The Labute approximate surface area is 87.8 Å². The van der Waals surface area contributed by atoms with E-state index in [1.165, 1.54) is 0 Å². The lowest BCUT2D eigenvalue weighted by atomic mass is 10.0. The van der Waals surface area contributed by atoms with Crippen LogP contribution in [-0.2, 0) is 6.42 Å². The van der Waals surface area contributed by atoms with Gasteiger partial charge in [0.05, 0.1) is 5.56 Å². The maximum atomic E-state index is 10.8. The highest BCUT2D eigenvalue weighted by molar-refractivity contribution is 6.31. The first-order chi connectivity index (χ1) is 6.52. The van der Waals surface area contributed by atoms with E-state index in [2.05, 4.69) is 0 Å². The molecular formula is C11H11ClO2. The maximum Gasteiger partial charge on any atom is 0.153 e. The normalized spacial score (nSPS) is 17.4. The van der Waals surface area contributed by atoms with Gasteiger partial charge in [0.15, 0.2) is 6.29 Å². The van der Waals surface area contributed by atoms with Crippen molar-refractivity contribution in [1.29, 1.82) is 0 Å². The van der Waals surface area contributed by atoms with Crippen LogP contribution < -0.4 is 4.74 Å². The molecule has 0 aromatic heterocycles. The number of hydrogen-bond acceptors (Lipinski definition) is 2. The minimum atomic E-state index is -0.231. The Kier molecular flexibility index (Phi) is 2.04. The monoisotopic (exact) mass is 210 g/mol. The van der Waals surface area contributed by atoms with Crippen molar-refractivity contribution in [1.82, 2.24) is 0 Å². The predicted octanol–water partition coefficient (Wildman–Crippen LogP) is 2.87. The summed E-state index contributed by atoms with van der Waals surface area (Å²) in [7, 11) is 0. The summed E-state index contributed by atoms with van der Waals surface area (Å²) in [6.45, 7) is 3.99. The molecule has 0 aliphatic carbocycles. The van der Waals surface area contributed by atoms with Crippen molar-refractivity contribution in [3.8, 4) is 5.75 Å². The van der Waals surface area contributed by atoms with E-state index in [4.69, 9.17) is 16.3 Å². The van der Waals surface area contributed by atoms with Gasteiger partial charge in [-0.25, -0.2) is 0 Å². The second-order valence-corrected chi connectivity index (χ2v) is 4.58. The van der Waals surface area contributed by atoms with Gasteiger partial charge in [0, 0.05) is 17.0 Å². The van der Waals surface area contributed by atoms with Gasteiger partial charge in [0.2, 0.25) is 0 Å². The molecule has 0 N–H and O–H groups in total. The van der Waals surface area contributed by atoms with Crippen molar-refractivity contribution in [3.63, 3.8) is 0 Å². The molecule has 1 aromatic rings. The molecule has 2 rings (SSSR count). The molecule has 74 valence electrons. The molecule has 1 heterocycles. The molecule has 0 saturated carbocycles. The van der Waals surface area contributed by atoms with Crippen LogP contribution in [0.4, 0.5) is 0 Å². The van der Waals surface area contributed by atoms with Crippen molar-refractivity contribution in [2.75, 3.05) is 0 Å². The van der Waals surface area contributed by atoms with Gasteiger partial charge >= 0.3 is 0 Å². The largest absolute Gasteiger partial charge is 0.486 e. The molecule has 0 radical (unpaired) electrons. The molecule has 1 aliphatic heterocycles. The summed E-state index contributed by atoms with van der Waals surface area (Å²) in [6, 6.07) is 3.49. The van der Waals surface area contributed by atoms with Crippen molar-refractivity contribution in [3.05, 3.63) is 28.3 Å². The Morgan fingerprint density at radius 1 is 1.50 bits per heavy atom. The molecule has 0 unspecified atom stereocenters. The fourth-order valence-electron chi connectivity index (χ4n) is 1.79. The average Bonchev–Trinajstić information content (AvgIpc) is 2.37. The lowest BCUT2D eigenvalue weighted by molar-refractivity contribution is 0.110. The van der Waals surface area contributed by atoms with Gasteiger partial charge in [0.25, 0.3) is 0 Å². The Bertz CT molecular complexity index is 397. The zero-order chi connectivity index (χ0) is 10.3. The van der Waals surface area contributed by atoms with E-state index in [-0.39, 0.29) is 5.60 Å². The summed E-state index contributed by atoms with van der Waals surface area (Å²) >= 11 is 5.89. The van der Waals surface area contributed by atoms with Crippen molar-refractivity contribution >= 4 is 17.9 Å². The highest BCUT2D eigenvalue weighted by Gasteiger charge is 2.31. The van der Waals surface area contributed by atoms with Crippen molar-refractivity contribution in [2.45, 2.75) is 25.9 Å². The number of rotatable bonds is 1. The summed E-state index contributed by atoms with van der Waals surface area (Å²) in [4.78, 5) is 10.8. The molecule has 1 aliphatic rings. The molecule has 0 spiro atoms. The average molecular weight is 211 g/mol. The van der Waals surface area contributed by atoms with Crippen LogP contribution in [0.2, 0.25) is 5.02 Å². The first kappa shape index (κ1) is 9.53. The number of halogens is 1. The fourth-order valence-corrected chi connectivity index (χ4v) is 2.04. The van der Waals surface area contributed by atoms with Crippen molar-refractivity contribution < 1.29 is 9.53 Å². The van der Waals surface area contributed by atoms with E-state index in [0.29, 0.717) is 16.3 Å². The lowest BCUT2D eigenvalue weighted by Gasteiger charge is -2.17. The molecule has 0 fully saturated rings. The van der Waals surface area contributed by atoms with Crippen LogP contribution in [0.5, 0.6) is 5.75 Å². The van der Waals surface area contributed by atoms with Crippen LogP contribution in [0.1, 0.15) is 29.8 Å². The van der Waals surface area contributed by atoms with Crippen LogP contribution in [0, 0.1) is 0 Å². The lowest BCUT2D eigenvalue weighted by Crippen LogP contribution is -2.24. The summed E-state index contributed by atoms with van der Waals surface area (Å²) in [5, 5.41) is 0.590. The summed E-state index contributed by atoms with van der Waals surface area (Å²) < 4.78 is 5.68. The smallest absolute Gasteiger partial charge is 0.153 e. The van der Waals surface area contributed by atoms with Crippen LogP contribution in [0.25, 0.3) is 0 Å². The van der Waals surface area contributed by atoms with Crippen molar-refractivity contribution in [2.24, 2.45) is 0 Å². The second kappa shape index (κ2) is 2.99. The van der Waals surface area contributed by atoms with E-state index in [1.54, 1.807) is 6.07 Å². The SMILES string of the molecule is CC1(C)Cc2cc(Cl)cc(C=O)c2O1. The van der Waals surface area contributed by atoms with E-state index in [1.807, 2.05) is 19.9 Å². The van der Waals surface area contributed by atoms with E-state index >= 15 is 0 Å². The highest BCUT2D eigenvalue weighted by atomic mass is 35.5.